The van der Waals surface area contributed by atoms with E-state index in [2.05, 4.69) is 4.98 Å². The zero-order chi connectivity index (χ0) is 15.0. The third-order valence-corrected chi connectivity index (χ3v) is 3.49. The molecule has 0 unspecified atom stereocenters. The second-order valence-electron chi connectivity index (χ2n) is 5.10. The molecule has 1 heterocycles. The van der Waals surface area contributed by atoms with Crippen molar-refractivity contribution in [2.24, 2.45) is 0 Å². The van der Waals surface area contributed by atoms with Crippen LogP contribution in [0, 0.1) is 18.6 Å². The molecule has 2 aromatic carbocycles. The van der Waals surface area contributed by atoms with Crippen molar-refractivity contribution in [2.45, 2.75) is 13.3 Å². The zero-order valence-electron chi connectivity index (χ0n) is 11.4. The van der Waals surface area contributed by atoms with Gasteiger partial charge in [0, 0.05) is 29.1 Å². The van der Waals surface area contributed by atoms with E-state index in [-0.39, 0.29) is 12.2 Å². The minimum Gasteiger partial charge on any atom is -0.360 e. The number of aromatic amines is 1. The molecular weight excluding hydrogens is 272 g/mol. The van der Waals surface area contributed by atoms with E-state index in [9.17, 15) is 13.6 Å². The molecular formula is C17H13F2NO. The van der Waals surface area contributed by atoms with E-state index >= 15 is 0 Å². The molecule has 106 valence electrons. The van der Waals surface area contributed by atoms with Crippen molar-refractivity contribution < 1.29 is 13.6 Å². The number of Topliss-reactive ketones (excluding diaryl/α,β-unsaturated/α-hetero) is 1. The van der Waals surface area contributed by atoms with E-state index in [1.807, 2.05) is 25.1 Å². The summed E-state index contributed by atoms with van der Waals surface area (Å²) in [5.74, 6) is -1.97. The number of aryl methyl sites for hydroxylation is 1. The Morgan fingerprint density at radius 2 is 1.90 bits per heavy atom. The van der Waals surface area contributed by atoms with Crippen LogP contribution in [0.25, 0.3) is 10.9 Å². The van der Waals surface area contributed by atoms with E-state index in [1.165, 1.54) is 6.07 Å². The molecule has 0 fully saturated rings. The molecule has 1 aromatic heterocycles. The van der Waals surface area contributed by atoms with Crippen molar-refractivity contribution in [3.8, 4) is 0 Å². The molecule has 3 rings (SSSR count). The van der Waals surface area contributed by atoms with Gasteiger partial charge < -0.3 is 4.98 Å². The van der Waals surface area contributed by atoms with Crippen LogP contribution >= 0.6 is 0 Å². The molecule has 0 saturated carbocycles. The first-order valence-electron chi connectivity index (χ1n) is 6.59. The topological polar surface area (TPSA) is 32.9 Å². The highest BCUT2D eigenvalue weighted by Crippen LogP contribution is 2.21. The van der Waals surface area contributed by atoms with Gasteiger partial charge in [0.05, 0.1) is 0 Å². The lowest BCUT2D eigenvalue weighted by molar-refractivity contribution is 0.0994. The highest BCUT2D eigenvalue weighted by atomic mass is 19.2. The van der Waals surface area contributed by atoms with Gasteiger partial charge in [-0.05, 0) is 36.2 Å². The Morgan fingerprint density at radius 3 is 2.67 bits per heavy atom. The minimum absolute atomic E-state index is 0.0397. The van der Waals surface area contributed by atoms with Crippen molar-refractivity contribution in [2.75, 3.05) is 0 Å². The Kier molecular flexibility index (Phi) is 3.29. The maximum Gasteiger partial charge on any atom is 0.169 e. The first kappa shape index (κ1) is 13.5. The number of nitrogens with one attached hydrogen (secondary N) is 1. The molecule has 0 aliphatic rings. The average molecular weight is 285 g/mol. The van der Waals surface area contributed by atoms with Gasteiger partial charge in [-0.1, -0.05) is 18.2 Å². The molecule has 2 nitrogen and oxygen atoms in total. The number of carbonyl (C=O) groups is 1. The zero-order valence-corrected chi connectivity index (χ0v) is 11.4. The number of hydrogen-bond acceptors (Lipinski definition) is 1. The van der Waals surface area contributed by atoms with Crippen LogP contribution in [-0.4, -0.2) is 10.8 Å². The number of rotatable bonds is 3. The Bertz CT molecular complexity index is 836. The Morgan fingerprint density at radius 1 is 1.10 bits per heavy atom. The maximum atomic E-state index is 13.2. The third kappa shape index (κ3) is 2.57. The lowest BCUT2D eigenvalue weighted by atomic mass is 10.0. The number of H-pyrrole nitrogens is 1. The second kappa shape index (κ2) is 5.13. The van der Waals surface area contributed by atoms with Crippen molar-refractivity contribution in [3.63, 3.8) is 0 Å². The molecule has 0 amide bonds. The van der Waals surface area contributed by atoms with E-state index in [0.717, 1.165) is 28.6 Å². The van der Waals surface area contributed by atoms with Gasteiger partial charge in [0.2, 0.25) is 0 Å². The summed E-state index contributed by atoms with van der Waals surface area (Å²) in [6.07, 6.45) is 1.70. The summed E-state index contributed by atoms with van der Waals surface area (Å²) in [5.41, 5.74) is 3.02. The monoisotopic (exact) mass is 285 g/mol. The van der Waals surface area contributed by atoms with E-state index in [1.54, 1.807) is 6.20 Å². The highest BCUT2D eigenvalue weighted by molar-refractivity contribution is 6.08. The second-order valence-corrected chi connectivity index (χ2v) is 5.10. The van der Waals surface area contributed by atoms with Gasteiger partial charge >= 0.3 is 0 Å². The predicted molar refractivity (Wildman–Crippen MR) is 77.4 cm³/mol. The number of carbonyl (C=O) groups excluding carboxylic acids is 1. The van der Waals surface area contributed by atoms with Crippen molar-refractivity contribution in [3.05, 3.63) is 70.9 Å². The summed E-state index contributed by atoms with van der Waals surface area (Å²) in [7, 11) is 0. The fourth-order valence-corrected chi connectivity index (χ4v) is 2.40. The molecule has 0 bridgehead atoms. The number of halogens is 2. The lowest BCUT2D eigenvalue weighted by Crippen LogP contribution is -2.03. The summed E-state index contributed by atoms with van der Waals surface area (Å²) in [6.45, 7) is 1.98. The van der Waals surface area contributed by atoms with Gasteiger partial charge in [-0.2, -0.15) is 0 Å². The quantitative estimate of drug-likeness (QED) is 0.719. The molecule has 0 atom stereocenters. The lowest BCUT2D eigenvalue weighted by Gasteiger charge is -2.02. The van der Waals surface area contributed by atoms with Gasteiger partial charge in [-0.15, -0.1) is 0 Å². The number of aromatic nitrogens is 1. The fourth-order valence-electron chi connectivity index (χ4n) is 2.40. The van der Waals surface area contributed by atoms with Gasteiger partial charge in [0.25, 0.3) is 0 Å². The third-order valence-electron chi connectivity index (χ3n) is 3.49. The summed E-state index contributed by atoms with van der Waals surface area (Å²) in [4.78, 5) is 15.4. The van der Waals surface area contributed by atoms with Crippen LogP contribution in [0.1, 0.15) is 21.5 Å². The molecule has 0 aliphatic carbocycles. The van der Waals surface area contributed by atoms with Gasteiger partial charge in [-0.25, -0.2) is 8.78 Å². The van der Waals surface area contributed by atoms with Crippen molar-refractivity contribution in [1.29, 1.82) is 0 Å². The summed E-state index contributed by atoms with van der Waals surface area (Å²) < 4.78 is 26.1. The van der Waals surface area contributed by atoms with E-state index in [4.69, 9.17) is 0 Å². The van der Waals surface area contributed by atoms with Crippen LogP contribution in [0.15, 0.2) is 42.6 Å². The SMILES string of the molecule is Cc1ccc2c(C(=O)Cc3ccc(F)c(F)c3)c[nH]c2c1. The molecule has 0 aliphatic heterocycles. The van der Waals surface area contributed by atoms with Crippen LogP contribution in [-0.2, 0) is 6.42 Å². The van der Waals surface area contributed by atoms with Crippen LogP contribution in [0.4, 0.5) is 8.78 Å². The highest BCUT2D eigenvalue weighted by Gasteiger charge is 2.13. The molecule has 0 radical (unpaired) electrons. The standard InChI is InChI=1S/C17H13F2NO/c1-10-2-4-12-13(9-20-16(12)6-10)17(21)8-11-3-5-14(18)15(19)7-11/h2-7,9,20H,8H2,1H3. The number of fused-ring (bicyclic) bond motifs is 1. The van der Waals surface area contributed by atoms with Crippen LogP contribution < -0.4 is 0 Å². The van der Waals surface area contributed by atoms with E-state index in [0.29, 0.717) is 11.1 Å². The van der Waals surface area contributed by atoms with Gasteiger partial charge in [-0.3, -0.25) is 4.79 Å². The number of ketones is 1. The maximum absolute atomic E-state index is 13.2. The molecule has 3 aromatic rings. The van der Waals surface area contributed by atoms with Crippen LogP contribution in [0.2, 0.25) is 0 Å². The first-order valence-corrected chi connectivity index (χ1v) is 6.59. The molecule has 0 saturated heterocycles. The van der Waals surface area contributed by atoms with Gasteiger partial charge in [0.15, 0.2) is 17.4 Å². The molecule has 1 N–H and O–H groups in total. The average Bonchev–Trinajstić information content (AvgIpc) is 2.85. The molecule has 21 heavy (non-hydrogen) atoms. The van der Waals surface area contributed by atoms with Crippen molar-refractivity contribution >= 4 is 16.7 Å². The Labute approximate surface area is 120 Å². The largest absolute Gasteiger partial charge is 0.360 e. The minimum atomic E-state index is -0.935. The molecule has 0 spiro atoms. The van der Waals surface area contributed by atoms with Crippen molar-refractivity contribution in [1.82, 2.24) is 4.98 Å². The fraction of sp³-hybridized carbons (Fsp3) is 0.118. The van der Waals surface area contributed by atoms with E-state index < -0.39 is 11.6 Å². The molecule has 4 heteroatoms. The summed E-state index contributed by atoms with van der Waals surface area (Å²) >= 11 is 0. The normalized spacial score (nSPS) is 11.0. The van der Waals surface area contributed by atoms with Gasteiger partial charge in [0.1, 0.15) is 0 Å². The Hall–Kier alpha value is -2.49. The first-order chi connectivity index (χ1) is 10.0. The number of benzene rings is 2. The Balaban J connectivity index is 1.91. The van der Waals surface area contributed by atoms with Crippen LogP contribution in [0.5, 0.6) is 0 Å². The predicted octanol–water partition coefficient (Wildman–Crippen LogP) is 4.18. The smallest absolute Gasteiger partial charge is 0.169 e. The summed E-state index contributed by atoms with van der Waals surface area (Å²) in [6, 6.07) is 9.31. The summed E-state index contributed by atoms with van der Waals surface area (Å²) in [5, 5.41) is 0.841. The number of hydrogen-bond donors (Lipinski definition) is 1. The van der Waals surface area contributed by atoms with Crippen LogP contribution in [0.3, 0.4) is 0 Å².